The Labute approximate surface area is 103 Å². The number of hydrogen-bond acceptors (Lipinski definition) is 1. The Morgan fingerprint density at radius 3 is 2.65 bits per heavy atom. The zero-order chi connectivity index (χ0) is 12.4. The molecule has 1 aromatic carbocycles. The zero-order valence-electron chi connectivity index (χ0n) is 11.0. The molecule has 0 saturated carbocycles. The first-order valence-electron chi connectivity index (χ1n) is 6.49. The van der Waals surface area contributed by atoms with Crippen LogP contribution >= 0.6 is 0 Å². The van der Waals surface area contributed by atoms with Crippen molar-refractivity contribution in [3.05, 3.63) is 35.5 Å². The molecule has 0 saturated heterocycles. The van der Waals surface area contributed by atoms with Gasteiger partial charge in [-0.1, -0.05) is 26.8 Å². The average Bonchev–Trinajstić information content (AvgIpc) is 2.67. The third-order valence-corrected chi connectivity index (χ3v) is 3.41. The van der Waals surface area contributed by atoms with Gasteiger partial charge in [0.25, 0.3) is 0 Å². The molecule has 0 atom stereocenters. The minimum atomic E-state index is 0.585. The lowest BCUT2D eigenvalue weighted by molar-refractivity contribution is 0.732. The molecule has 2 nitrogen and oxygen atoms in total. The number of benzene rings is 1. The monoisotopic (exact) mass is 230 g/mol. The largest absolute Gasteiger partial charge is 0.346 e. The molecule has 0 aliphatic heterocycles. The number of fused-ring (bicyclic) bond motifs is 1. The zero-order valence-corrected chi connectivity index (χ0v) is 11.0. The third-order valence-electron chi connectivity index (χ3n) is 3.41. The Morgan fingerprint density at radius 2 is 2.06 bits per heavy atom. The molecule has 1 aromatic heterocycles. The van der Waals surface area contributed by atoms with Crippen LogP contribution in [0.4, 0.5) is 0 Å². The van der Waals surface area contributed by atoms with E-state index in [-0.39, 0.29) is 0 Å². The molecule has 2 N–H and O–H groups in total. The third kappa shape index (κ3) is 2.22. The van der Waals surface area contributed by atoms with E-state index in [4.69, 9.17) is 5.73 Å². The summed E-state index contributed by atoms with van der Waals surface area (Å²) in [7, 11) is 0. The first kappa shape index (κ1) is 12.2. The smallest absolute Gasteiger partial charge is 0.0483 e. The van der Waals surface area contributed by atoms with Crippen molar-refractivity contribution in [1.29, 1.82) is 0 Å². The van der Waals surface area contributed by atoms with Crippen molar-refractivity contribution in [2.75, 3.05) is 6.54 Å². The number of hydrogen-bond donors (Lipinski definition) is 1. The van der Waals surface area contributed by atoms with Crippen LogP contribution < -0.4 is 5.73 Å². The maximum Gasteiger partial charge on any atom is 0.0483 e. The summed E-state index contributed by atoms with van der Waals surface area (Å²) >= 11 is 0. The molecule has 92 valence electrons. The summed E-state index contributed by atoms with van der Waals surface area (Å²) in [6, 6.07) is 6.81. The number of aryl methyl sites for hydroxylation is 1. The minimum Gasteiger partial charge on any atom is -0.346 e. The van der Waals surface area contributed by atoms with Crippen molar-refractivity contribution < 1.29 is 0 Å². The SMILES string of the molecule is CCc1cn(CCN)c2ccc(C(C)C)cc12. The van der Waals surface area contributed by atoms with E-state index in [0.717, 1.165) is 13.0 Å². The summed E-state index contributed by atoms with van der Waals surface area (Å²) in [5, 5.41) is 1.40. The summed E-state index contributed by atoms with van der Waals surface area (Å²) in [6.07, 6.45) is 3.33. The van der Waals surface area contributed by atoms with Gasteiger partial charge in [0.15, 0.2) is 0 Å². The molecule has 0 spiro atoms. The van der Waals surface area contributed by atoms with Crippen molar-refractivity contribution in [2.24, 2.45) is 5.73 Å². The summed E-state index contributed by atoms with van der Waals surface area (Å²) in [4.78, 5) is 0. The lowest BCUT2D eigenvalue weighted by Gasteiger charge is -2.07. The van der Waals surface area contributed by atoms with Crippen LogP contribution in [0.25, 0.3) is 10.9 Å². The van der Waals surface area contributed by atoms with Gasteiger partial charge in [-0.05, 0) is 35.6 Å². The number of nitrogens with two attached hydrogens (primary N) is 1. The Balaban J connectivity index is 2.59. The van der Waals surface area contributed by atoms with Crippen LogP contribution in [0.15, 0.2) is 24.4 Å². The Morgan fingerprint density at radius 1 is 1.29 bits per heavy atom. The van der Waals surface area contributed by atoms with Gasteiger partial charge in [-0.25, -0.2) is 0 Å². The number of rotatable bonds is 4. The van der Waals surface area contributed by atoms with Crippen molar-refractivity contribution in [2.45, 2.75) is 39.7 Å². The topological polar surface area (TPSA) is 30.9 Å². The molecule has 0 aliphatic carbocycles. The molecule has 0 aliphatic rings. The molecule has 0 amide bonds. The van der Waals surface area contributed by atoms with Gasteiger partial charge in [0.2, 0.25) is 0 Å². The molecule has 0 fully saturated rings. The van der Waals surface area contributed by atoms with E-state index in [1.807, 2.05) is 0 Å². The second-order valence-corrected chi connectivity index (χ2v) is 4.92. The van der Waals surface area contributed by atoms with Gasteiger partial charge in [-0.3, -0.25) is 0 Å². The van der Waals surface area contributed by atoms with Gasteiger partial charge >= 0.3 is 0 Å². The van der Waals surface area contributed by atoms with Crippen LogP contribution in [-0.4, -0.2) is 11.1 Å². The van der Waals surface area contributed by atoms with Crippen LogP contribution in [0.2, 0.25) is 0 Å². The van der Waals surface area contributed by atoms with Crippen LogP contribution in [0.5, 0.6) is 0 Å². The fourth-order valence-electron chi connectivity index (χ4n) is 2.35. The van der Waals surface area contributed by atoms with Crippen molar-refractivity contribution in [3.8, 4) is 0 Å². The van der Waals surface area contributed by atoms with Gasteiger partial charge in [-0.15, -0.1) is 0 Å². The highest BCUT2D eigenvalue weighted by Gasteiger charge is 2.08. The molecule has 2 aromatic rings. The van der Waals surface area contributed by atoms with Gasteiger partial charge < -0.3 is 10.3 Å². The fourth-order valence-corrected chi connectivity index (χ4v) is 2.35. The molecule has 0 bridgehead atoms. The van der Waals surface area contributed by atoms with E-state index >= 15 is 0 Å². The number of nitrogens with zero attached hydrogens (tertiary/aromatic N) is 1. The fraction of sp³-hybridized carbons (Fsp3) is 0.467. The van der Waals surface area contributed by atoms with Gasteiger partial charge in [0.1, 0.15) is 0 Å². The molecule has 2 heteroatoms. The standard InChI is InChI=1S/C15H22N2/c1-4-12-10-17(8-7-16)15-6-5-13(11(2)3)9-14(12)15/h5-6,9-11H,4,7-8,16H2,1-3H3. The first-order valence-corrected chi connectivity index (χ1v) is 6.49. The van der Waals surface area contributed by atoms with Crippen LogP contribution in [0.1, 0.15) is 37.8 Å². The Kier molecular flexibility index (Phi) is 3.53. The van der Waals surface area contributed by atoms with Crippen LogP contribution in [-0.2, 0) is 13.0 Å². The van der Waals surface area contributed by atoms with Gasteiger partial charge in [-0.2, -0.15) is 0 Å². The summed E-state index contributed by atoms with van der Waals surface area (Å²) in [5.41, 5.74) is 9.82. The lowest BCUT2D eigenvalue weighted by Crippen LogP contribution is -2.08. The molecule has 0 unspecified atom stereocenters. The van der Waals surface area contributed by atoms with E-state index in [9.17, 15) is 0 Å². The normalized spacial score (nSPS) is 11.6. The molecule has 17 heavy (non-hydrogen) atoms. The van der Waals surface area contributed by atoms with E-state index in [2.05, 4.69) is 49.7 Å². The predicted octanol–water partition coefficient (Wildman–Crippen LogP) is 3.29. The van der Waals surface area contributed by atoms with E-state index in [1.54, 1.807) is 0 Å². The molecule has 0 radical (unpaired) electrons. The predicted molar refractivity (Wildman–Crippen MR) is 74.5 cm³/mol. The molecular weight excluding hydrogens is 208 g/mol. The highest BCUT2D eigenvalue weighted by molar-refractivity contribution is 5.84. The number of aromatic nitrogens is 1. The Hall–Kier alpha value is -1.28. The summed E-state index contributed by atoms with van der Waals surface area (Å²) < 4.78 is 2.28. The maximum absolute atomic E-state index is 5.66. The minimum absolute atomic E-state index is 0.585. The van der Waals surface area contributed by atoms with Crippen molar-refractivity contribution >= 4 is 10.9 Å². The van der Waals surface area contributed by atoms with E-state index in [1.165, 1.54) is 22.0 Å². The van der Waals surface area contributed by atoms with Crippen molar-refractivity contribution in [3.63, 3.8) is 0 Å². The summed E-state index contributed by atoms with van der Waals surface area (Å²) in [6.45, 7) is 8.29. The molecule has 2 rings (SSSR count). The van der Waals surface area contributed by atoms with E-state index in [0.29, 0.717) is 12.5 Å². The van der Waals surface area contributed by atoms with Crippen LogP contribution in [0.3, 0.4) is 0 Å². The highest BCUT2D eigenvalue weighted by Crippen LogP contribution is 2.26. The second kappa shape index (κ2) is 4.92. The molecule has 1 heterocycles. The van der Waals surface area contributed by atoms with Gasteiger partial charge in [0, 0.05) is 30.2 Å². The first-order chi connectivity index (χ1) is 8.17. The lowest BCUT2D eigenvalue weighted by atomic mass is 10.00. The average molecular weight is 230 g/mol. The van der Waals surface area contributed by atoms with Crippen LogP contribution in [0, 0.1) is 0 Å². The summed E-state index contributed by atoms with van der Waals surface area (Å²) in [5.74, 6) is 0.585. The Bertz CT molecular complexity index is 509. The molecular formula is C15H22N2. The van der Waals surface area contributed by atoms with Crippen molar-refractivity contribution in [1.82, 2.24) is 4.57 Å². The highest BCUT2D eigenvalue weighted by atomic mass is 15.0. The quantitative estimate of drug-likeness (QED) is 0.858. The van der Waals surface area contributed by atoms with Gasteiger partial charge in [0.05, 0.1) is 0 Å². The second-order valence-electron chi connectivity index (χ2n) is 4.92. The maximum atomic E-state index is 5.66. The van der Waals surface area contributed by atoms with E-state index < -0.39 is 0 Å².